The average molecular weight is 455 g/mol. The molecule has 0 unspecified atom stereocenters. The first-order valence-corrected chi connectivity index (χ1v) is 10.5. The van der Waals surface area contributed by atoms with Crippen LogP contribution >= 0.6 is 0 Å². The number of aliphatic carboxylic acids is 1. The van der Waals surface area contributed by atoms with E-state index < -0.39 is 22.4 Å². The summed E-state index contributed by atoms with van der Waals surface area (Å²) in [4.78, 5) is 13.0. The minimum Gasteiger partial charge on any atom is -0.475 e. The number of alkyl halides is 3. The van der Waals surface area contributed by atoms with E-state index in [1.54, 1.807) is 26.5 Å². The maximum Gasteiger partial charge on any atom is 0.490 e. The fourth-order valence-corrected chi connectivity index (χ4v) is 4.50. The molecule has 0 radical (unpaired) electrons. The third-order valence-corrected chi connectivity index (χ3v) is 6.55. The van der Waals surface area contributed by atoms with E-state index in [2.05, 4.69) is 4.98 Å². The normalized spacial score (nSPS) is 24.8. The van der Waals surface area contributed by atoms with E-state index in [1.165, 1.54) is 8.61 Å². The Morgan fingerprint density at radius 3 is 2.63 bits per heavy atom. The summed E-state index contributed by atoms with van der Waals surface area (Å²) in [6.07, 6.45) is -0.390. The lowest BCUT2D eigenvalue weighted by Gasteiger charge is -2.32. The van der Waals surface area contributed by atoms with Crippen LogP contribution in [0.2, 0.25) is 0 Å². The maximum absolute atomic E-state index is 12.5. The van der Waals surface area contributed by atoms with Crippen molar-refractivity contribution in [1.82, 2.24) is 13.6 Å². The Labute approximate surface area is 172 Å². The smallest absolute Gasteiger partial charge is 0.475 e. The number of halogens is 3. The molecule has 0 amide bonds. The first kappa shape index (κ1) is 24.5. The van der Waals surface area contributed by atoms with Crippen molar-refractivity contribution in [2.45, 2.75) is 43.9 Å². The second-order valence-corrected chi connectivity index (χ2v) is 9.01. The molecule has 0 spiro atoms. The Bertz CT molecular complexity index is 807. The molecule has 30 heavy (non-hydrogen) atoms. The summed E-state index contributed by atoms with van der Waals surface area (Å²) in [7, 11) is -0.362. The molecule has 0 saturated carbocycles. The SMILES string of the molecule is CN(C)S(=O)(=O)N1C[C@@H](OCc2cccnc2)[C@H]2OCCC[C@H]21.O=C(O)C(F)(F)F. The van der Waals surface area contributed by atoms with Crippen molar-refractivity contribution in [3.05, 3.63) is 30.1 Å². The summed E-state index contributed by atoms with van der Waals surface area (Å²) in [5, 5.41) is 7.12. The number of carbonyl (C=O) groups is 1. The van der Waals surface area contributed by atoms with Crippen molar-refractivity contribution in [3.63, 3.8) is 0 Å². The van der Waals surface area contributed by atoms with E-state index >= 15 is 0 Å². The van der Waals surface area contributed by atoms with E-state index in [-0.39, 0.29) is 18.2 Å². The second-order valence-electron chi connectivity index (χ2n) is 6.92. The summed E-state index contributed by atoms with van der Waals surface area (Å²) in [5.41, 5.74) is 0.966. The molecule has 2 aliphatic rings. The van der Waals surface area contributed by atoms with Crippen molar-refractivity contribution < 1.29 is 41.0 Å². The fraction of sp³-hybridized carbons (Fsp3) is 0.647. The van der Waals surface area contributed by atoms with Crippen LogP contribution in [0, 0.1) is 0 Å². The van der Waals surface area contributed by atoms with Gasteiger partial charge in [0.2, 0.25) is 0 Å². The van der Waals surface area contributed by atoms with Crippen molar-refractivity contribution in [2.24, 2.45) is 0 Å². The highest BCUT2D eigenvalue weighted by molar-refractivity contribution is 7.86. The number of carboxylic acids is 1. The molecule has 1 N–H and O–H groups in total. The highest BCUT2D eigenvalue weighted by Crippen LogP contribution is 2.33. The zero-order valence-corrected chi connectivity index (χ0v) is 17.3. The van der Waals surface area contributed by atoms with Crippen molar-refractivity contribution >= 4 is 16.2 Å². The van der Waals surface area contributed by atoms with Crippen LogP contribution in [-0.4, -0.2) is 84.8 Å². The molecule has 13 heteroatoms. The average Bonchev–Trinajstić information content (AvgIpc) is 3.06. The van der Waals surface area contributed by atoms with Crippen LogP contribution in [0.25, 0.3) is 0 Å². The largest absolute Gasteiger partial charge is 0.490 e. The highest BCUT2D eigenvalue weighted by atomic mass is 32.2. The Morgan fingerprint density at radius 1 is 1.43 bits per heavy atom. The molecule has 2 saturated heterocycles. The first-order chi connectivity index (χ1) is 13.9. The molecule has 9 nitrogen and oxygen atoms in total. The summed E-state index contributed by atoms with van der Waals surface area (Å²) in [5.74, 6) is -2.76. The lowest BCUT2D eigenvalue weighted by molar-refractivity contribution is -0.192. The molecule has 0 bridgehead atoms. The molecule has 0 aromatic carbocycles. The van der Waals surface area contributed by atoms with Gasteiger partial charge in [-0.3, -0.25) is 4.98 Å². The van der Waals surface area contributed by atoms with Gasteiger partial charge in [0.25, 0.3) is 10.2 Å². The van der Waals surface area contributed by atoms with Gasteiger partial charge in [0.1, 0.15) is 6.10 Å². The molecule has 2 fully saturated rings. The number of ether oxygens (including phenoxy) is 2. The number of hydrogen-bond donors (Lipinski definition) is 1. The third kappa shape index (κ3) is 6.11. The number of rotatable bonds is 5. The van der Waals surface area contributed by atoms with Gasteiger partial charge in [-0.05, 0) is 24.5 Å². The topological polar surface area (TPSA) is 109 Å². The summed E-state index contributed by atoms with van der Waals surface area (Å²) < 4.78 is 71.4. The van der Waals surface area contributed by atoms with Gasteiger partial charge in [0, 0.05) is 39.6 Å². The molecular weight excluding hydrogens is 431 g/mol. The molecule has 2 aliphatic heterocycles. The zero-order valence-electron chi connectivity index (χ0n) is 16.4. The van der Waals surface area contributed by atoms with Gasteiger partial charge in [-0.1, -0.05) is 6.07 Å². The van der Waals surface area contributed by atoms with E-state index in [0.717, 1.165) is 18.4 Å². The zero-order chi connectivity index (χ0) is 22.5. The first-order valence-electron chi connectivity index (χ1n) is 9.06. The molecule has 1 aromatic heterocycles. The summed E-state index contributed by atoms with van der Waals surface area (Å²) in [6.45, 7) is 1.39. The minimum absolute atomic E-state index is 0.143. The fourth-order valence-electron chi connectivity index (χ4n) is 3.18. The van der Waals surface area contributed by atoms with Crippen molar-refractivity contribution in [1.29, 1.82) is 0 Å². The summed E-state index contributed by atoms with van der Waals surface area (Å²) in [6, 6.07) is 3.65. The van der Waals surface area contributed by atoms with Gasteiger partial charge in [0.15, 0.2) is 0 Å². The molecule has 1 aromatic rings. The van der Waals surface area contributed by atoms with Crippen LogP contribution in [0.3, 0.4) is 0 Å². The molecule has 0 aliphatic carbocycles. The van der Waals surface area contributed by atoms with E-state index in [4.69, 9.17) is 19.4 Å². The monoisotopic (exact) mass is 455 g/mol. The lowest BCUT2D eigenvalue weighted by atomic mass is 10.0. The Morgan fingerprint density at radius 2 is 2.10 bits per heavy atom. The molecule has 3 atom stereocenters. The highest BCUT2D eigenvalue weighted by Gasteiger charge is 2.50. The Hall–Kier alpha value is -1.80. The molecule has 170 valence electrons. The second kappa shape index (κ2) is 10.0. The van der Waals surface area contributed by atoms with E-state index in [1.807, 2.05) is 12.1 Å². The quantitative estimate of drug-likeness (QED) is 0.712. The van der Waals surface area contributed by atoms with Crippen LogP contribution in [0.5, 0.6) is 0 Å². The molecular formula is C17H24F3N3O6S. The van der Waals surface area contributed by atoms with Gasteiger partial charge in [-0.2, -0.15) is 30.2 Å². The molecule has 3 heterocycles. The van der Waals surface area contributed by atoms with Gasteiger partial charge < -0.3 is 14.6 Å². The number of aromatic nitrogens is 1. The third-order valence-electron chi connectivity index (χ3n) is 4.62. The number of carboxylic acid groups (broad SMARTS) is 1. The predicted octanol–water partition coefficient (Wildman–Crippen LogP) is 1.27. The van der Waals surface area contributed by atoms with E-state index in [0.29, 0.717) is 19.8 Å². The number of hydrogen-bond acceptors (Lipinski definition) is 6. The number of nitrogens with zero attached hydrogens (tertiary/aromatic N) is 3. The van der Waals surface area contributed by atoms with Crippen LogP contribution in [0.4, 0.5) is 13.2 Å². The van der Waals surface area contributed by atoms with Crippen LogP contribution in [0.15, 0.2) is 24.5 Å². The predicted molar refractivity (Wildman–Crippen MR) is 98.6 cm³/mol. The minimum atomic E-state index is -5.08. The van der Waals surface area contributed by atoms with Gasteiger partial charge in [-0.15, -0.1) is 0 Å². The van der Waals surface area contributed by atoms with Gasteiger partial charge in [-0.25, -0.2) is 4.79 Å². The molecule has 3 rings (SSSR count). The number of fused-ring (bicyclic) bond motifs is 1. The maximum atomic E-state index is 12.5. The van der Waals surface area contributed by atoms with Crippen LogP contribution < -0.4 is 0 Å². The standard InChI is InChI=1S/C15H23N3O4S.C2HF3O2/c1-17(2)23(19,20)18-10-14(15-13(18)6-4-8-21-15)22-11-12-5-3-7-16-9-12;3-2(4,5)1(6)7/h3,5,7,9,13-15H,4,6,8,10-11H2,1-2H3;(H,6,7)/t13-,14-,15+;/m1./s1. The van der Waals surface area contributed by atoms with Gasteiger partial charge >= 0.3 is 12.1 Å². The van der Waals surface area contributed by atoms with Crippen LogP contribution in [-0.2, 0) is 31.1 Å². The van der Waals surface area contributed by atoms with Crippen molar-refractivity contribution in [2.75, 3.05) is 27.2 Å². The Kier molecular flexibility index (Phi) is 8.16. The van der Waals surface area contributed by atoms with Gasteiger partial charge in [0.05, 0.1) is 18.8 Å². The summed E-state index contributed by atoms with van der Waals surface area (Å²) >= 11 is 0. The van der Waals surface area contributed by atoms with Crippen molar-refractivity contribution in [3.8, 4) is 0 Å². The number of pyridine rings is 1. The Balaban J connectivity index is 0.000000396. The lowest BCUT2D eigenvalue weighted by Crippen LogP contribution is -2.47. The van der Waals surface area contributed by atoms with E-state index in [9.17, 15) is 21.6 Å². The van der Waals surface area contributed by atoms with Crippen LogP contribution in [0.1, 0.15) is 18.4 Å².